The maximum Gasteiger partial charge on any atom is 0.225 e. The summed E-state index contributed by atoms with van der Waals surface area (Å²) in [6.45, 7) is 9.46. The van der Waals surface area contributed by atoms with E-state index in [1.165, 1.54) is 0 Å². The fourth-order valence-corrected chi connectivity index (χ4v) is 3.97. The largest absolute Gasteiger partial charge is 0.385 e. The van der Waals surface area contributed by atoms with Crippen LogP contribution in [0.5, 0.6) is 0 Å². The average molecular weight is 420 g/mol. The summed E-state index contributed by atoms with van der Waals surface area (Å²) < 4.78 is 11.0. The lowest BCUT2D eigenvalue weighted by Crippen LogP contribution is -2.51. The normalized spacial score (nSPS) is 19.3. The Morgan fingerprint density at radius 1 is 1.10 bits per heavy atom. The minimum absolute atomic E-state index is 0.362. The molecule has 9 nitrogen and oxygen atoms in total. The van der Waals surface area contributed by atoms with Crippen molar-refractivity contribution in [3.63, 3.8) is 0 Å². The second-order valence-corrected chi connectivity index (χ2v) is 7.76. The van der Waals surface area contributed by atoms with Gasteiger partial charge in [0.25, 0.3) is 0 Å². The van der Waals surface area contributed by atoms with E-state index in [4.69, 9.17) is 9.47 Å². The first-order valence-electron chi connectivity index (χ1n) is 11.1. The van der Waals surface area contributed by atoms with Crippen LogP contribution >= 0.6 is 0 Å². The summed E-state index contributed by atoms with van der Waals surface area (Å²) in [7, 11) is 3.60. The number of aromatic nitrogens is 2. The minimum atomic E-state index is 0.362. The van der Waals surface area contributed by atoms with E-state index in [1.807, 2.05) is 13.1 Å². The summed E-state index contributed by atoms with van der Waals surface area (Å²) in [6, 6.07) is 1.86. The van der Waals surface area contributed by atoms with Crippen LogP contribution in [0.4, 0.5) is 5.95 Å². The fraction of sp³-hybridized carbons (Fsp3) is 0.762. The first kappa shape index (κ1) is 22.7. The maximum absolute atomic E-state index is 5.96. The van der Waals surface area contributed by atoms with Crippen molar-refractivity contribution in [3.05, 3.63) is 18.5 Å². The van der Waals surface area contributed by atoms with Crippen LogP contribution in [0.25, 0.3) is 0 Å². The molecule has 1 aromatic heterocycles. The number of anilines is 1. The minimum Gasteiger partial charge on any atom is -0.385 e. The molecule has 0 unspecified atom stereocenters. The second-order valence-electron chi connectivity index (χ2n) is 7.76. The van der Waals surface area contributed by atoms with E-state index in [0.29, 0.717) is 6.10 Å². The third-order valence-corrected chi connectivity index (χ3v) is 5.72. The van der Waals surface area contributed by atoms with E-state index >= 15 is 0 Å². The summed E-state index contributed by atoms with van der Waals surface area (Å²) in [6.07, 6.45) is 7.04. The van der Waals surface area contributed by atoms with E-state index in [9.17, 15) is 0 Å². The molecule has 1 N–H and O–H groups in total. The second kappa shape index (κ2) is 12.7. The highest BCUT2D eigenvalue weighted by Gasteiger charge is 2.22. The molecule has 2 fully saturated rings. The molecule has 30 heavy (non-hydrogen) atoms. The number of piperidine rings is 1. The lowest BCUT2D eigenvalue weighted by Gasteiger charge is -2.36. The van der Waals surface area contributed by atoms with E-state index in [2.05, 4.69) is 35.0 Å². The zero-order valence-corrected chi connectivity index (χ0v) is 18.5. The fourth-order valence-electron chi connectivity index (χ4n) is 3.97. The molecule has 0 aliphatic carbocycles. The molecule has 0 spiro atoms. The lowest BCUT2D eigenvalue weighted by molar-refractivity contribution is 0.00990. The molecule has 2 aliphatic heterocycles. The van der Waals surface area contributed by atoms with Gasteiger partial charge in [-0.05, 0) is 25.3 Å². The highest BCUT2D eigenvalue weighted by Crippen LogP contribution is 2.14. The number of aliphatic imine (C=N–C) groups is 1. The van der Waals surface area contributed by atoms with Crippen molar-refractivity contribution in [2.45, 2.75) is 25.4 Å². The zero-order chi connectivity index (χ0) is 21.0. The average Bonchev–Trinajstić information content (AvgIpc) is 2.81. The van der Waals surface area contributed by atoms with Gasteiger partial charge in [-0.25, -0.2) is 9.97 Å². The summed E-state index contributed by atoms with van der Waals surface area (Å²) in [5.74, 6) is 1.84. The van der Waals surface area contributed by atoms with Gasteiger partial charge in [-0.15, -0.1) is 0 Å². The van der Waals surface area contributed by atoms with Gasteiger partial charge in [0.1, 0.15) is 0 Å². The molecule has 0 bridgehead atoms. The molecule has 2 aliphatic rings. The maximum atomic E-state index is 5.96. The molecule has 0 aromatic carbocycles. The van der Waals surface area contributed by atoms with Gasteiger partial charge in [0.15, 0.2) is 5.96 Å². The molecule has 0 saturated carbocycles. The molecular formula is C21H37N7O2. The van der Waals surface area contributed by atoms with Crippen LogP contribution in [-0.4, -0.2) is 112 Å². The number of piperazine rings is 1. The first-order valence-corrected chi connectivity index (χ1v) is 11.1. The lowest BCUT2D eigenvalue weighted by atomic mass is 10.1. The molecule has 0 atom stereocenters. The van der Waals surface area contributed by atoms with Gasteiger partial charge in [-0.3, -0.25) is 9.89 Å². The Hall–Kier alpha value is -1.97. The summed E-state index contributed by atoms with van der Waals surface area (Å²) in [5.41, 5.74) is 0. The van der Waals surface area contributed by atoms with Crippen LogP contribution in [0.2, 0.25) is 0 Å². The third-order valence-electron chi connectivity index (χ3n) is 5.72. The summed E-state index contributed by atoms with van der Waals surface area (Å²) in [5, 5.41) is 3.54. The molecule has 3 rings (SSSR count). The van der Waals surface area contributed by atoms with Crippen molar-refractivity contribution >= 4 is 11.9 Å². The van der Waals surface area contributed by atoms with Crippen molar-refractivity contribution in [2.24, 2.45) is 4.99 Å². The van der Waals surface area contributed by atoms with Crippen molar-refractivity contribution in [1.82, 2.24) is 25.1 Å². The highest BCUT2D eigenvalue weighted by atomic mass is 16.5. The Kier molecular flexibility index (Phi) is 9.59. The smallest absolute Gasteiger partial charge is 0.225 e. The van der Waals surface area contributed by atoms with Crippen molar-refractivity contribution in [3.8, 4) is 0 Å². The Labute approximate surface area is 180 Å². The van der Waals surface area contributed by atoms with Crippen LogP contribution < -0.4 is 10.2 Å². The van der Waals surface area contributed by atoms with E-state index in [1.54, 1.807) is 19.5 Å². The van der Waals surface area contributed by atoms with Crippen molar-refractivity contribution in [2.75, 3.05) is 84.6 Å². The van der Waals surface area contributed by atoms with Gasteiger partial charge in [0.05, 0.1) is 6.10 Å². The van der Waals surface area contributed by atoms with Gasteiger partial charge >= 0.3 is 0 Å². The van der Waals surface area contributed by atoms with E-state index in [0.717, 1.165) is 96.7 Å². The topological polar surface area (TPSA) is 78.4 Å². The molecule has 0 radical (unpaired) electrons. The molecule has 0 amide bonds. The van der Waals surface area contributed by atoms with Crippen molar-refractivity contribution in [1.29, 1.82) is 0 Å². The van der Waals surface area contributed by atoms with Crippen LogP contribution in [0.3, 0.4) is 0 Å². The summed E-state index contributed by atoms with van der Waals surface area (Å²) >= 11 is 0. The number of likely N-dealkylation sites (tertiary alicyclic amines) is 1. The molecular weight excluding hydrogens is 382 g/mol. The third kappa shape index (κ3) is 7.07. The number of rotatable bonds is 9. The van der Waals surface area contributed by atoms with Gasteiger partial charge in [0.2, 0.25) is 5.95 Å². The van der Waals surface area contributed by atoms with Crippen molar-refractivity contribution < 1.29 is 9.47 Å². The predicted molar refractivity (Wildman–Crippen MR) is 119 cm³/mol. The first-order chi connectivity index (χ1) is 14.8. The number of methoxy groups -OCH3 is 1. The number of ether oxygens (including phenoxy) is 2. The quantitative estimate of drug-likeness (QED) is 0.356. The molecule has 9 heteroatoms. The Morgan fingerprint density at radius 3 is 2.50 bits per heavy atom. The number of nitrogens with zero attached hydrogens (tertiary/aromatic N) is 6. The van der Waals surface area contributed by atoms with Gasteiger partial charge in [-0.2, -0.15) is 0 Å². The van der Waals surface area contributed by atoms with E-state index in [-0.39, 0.29) is 0 Å². The van der Waals surface area contributed by atoms with Crippen LogP contribution in [0, 0.1) is 0 Å². The van der Waals surface area contributed by atoms with Crippen LogP contribution in [0.1, 0.15) is 19.3 Å². The highest BCUT2D eigenvalue weighted by molar-refractivity contribution is 5.79. The molecule has 1 aromatic rings. The Morgan fingerprint density at radius 2 is 1.83 bits per heavy atom. The number of hydrogen-bond acceptors (Lipinski definition) is 7. The van der Waals surface area contributed by atoms with Gasteiger partial charge in [0, 0.05) is 92.1 Å². The standard InChI is InChI=1S/C21H37N7O2/c1-22-20(27-10-5-19(6-11-27)30-18-4-17-29-2)25-9-12-26-13-15-28(16-14-26)21-23-7-3-8-24-21/h3,7-8,19H,4-6,9-18H2,1-2H3,(H,22,25). The summed E-state index contributed by atoms with van der Waals surface area (Å²) in [4.78, 5) is 20.3. The Balaban J connectivity index is 1.30. The van der Waals surface area contributed by atoms with Crippen LogP contribution in [-0.2, 0) is 9.47 Å². The molecule has 168 valence electrons. The van der Waals surface area contributed by atoms with Gasteiger partial charge in [-0.1, -0.05) is 0 Å². The molecule has 3 heterocycles. The monoisotopic (exact) mass is 419 g/mol. The SMILES string of the molecule is CN=C(NCCN1CCN(c2ncccn2)CC1)N1CCC(OCCCOC)CC1. The number of hydrogen-bond donors (Lipinski definition) is 1. The molecule has 2 saturated heterocycles. The van der Waals surface area contributed by atoms with Crippen LogP contribution in [0.15, 0.2) is 23.5 Å². The Bertz CT molecular complexity index is 615. The van der Waals surface area contributed by atoms with Gasteiger partial charge < -0.3 is 24.6 Å². The number of guanidine groups is 1. The van der Waals surface area contributed by atoms with E-state index < -0.39 is 0 Å². The zero-order valence-electron chi connectivity index (χ0n) is 18.5. The predicted octanol–water partition coefficient (Wildman–Crippen LogP) is 0.692. The number of nitrogens with one attached hydrogen (secondary N) is 1.